The van der Waals surface area contributed by atoms with Gasteiger partial charge in [0.25, 0.3) is 0 Å². The number of benzene rings is 2. The van der Waals surface area contributed by atoms with Crippen molar-refractivity contribution in [3.05, 3.63) is 84.4 Å². The molecule has 4 heteroatoms. The summed E-state index contributed by atoms with van der Waals surface area (Å²) in [5.41, 5.74) is 2.25. The number of aliphatic hydroxyl groups excluding tert-OH is 1. The van der Waals surface area contributed by atoms with E-state index in [9.17, 15) is 5.11 Å². The monoisotopic (exact) mass is 394 g/mol. The van der Waals surface area contributed by atoms with Crippen molar-refractivity contribution in [1.29, 1.82) is 0 Å². The van der Waals surface area contributed by atoms with E-state index in [0.717, 1.165) is 26.2 Å². The summed E-state index contributed by atoms with van der Waals surface area (Å²) in [6.45, 7) is 12.5. The first kappa shape index (κ1) is 21.7. The molecule has 0 spiro atoms. The highest BCUT2D eigenvalue weighted by molar-refractivity contribution is 5.31. The lowest BCUT2D eigenvalue weighted by Gasteiger charge is -2.40. The van der Waals surface area contributed by atoms with Crippen molar-refractivity contribution in [2.24, 2.45) is 0 Å². The van der Waals surface area contributed by atoms with Crippen LogP contribution in [0, 0.1) is 0 Å². The Morgan fingerprint density at radius 3 is 1.97 bits per heavy atom. The van der Waals surface area contributed by atoms with Gasteiger partial charge in [0.05, 0.1) is 24.4 Å². The predicted octanol–water partition coefficient (Wildman–Crippen LogP) is 3.74. The van der Waals surface area contributed by atoms with Gasteiger partial charge in [0, 0.05) is 32.7 Å². The largest absolute Gasteiger partial charge is 0.389 e. The van der Waals surface area contributed by atoms with Crippen molar-refractivity contribution in [1.82, 2.24) is 9.80 Å². The van der Waals surface area contributed by atoms with Crippen LogP contribution in [0.1, 0.15) is 31.0 Å². The van der Waals surface area contributed by atoms with E-state index in [1.165, 1.54) is 11.1 Å². The second-order valence-corrected chi connectivity index (χ2v) is 8.33. The normalized spacial score (nSPS) is 17.4. The van der Waals surface area contributed by atoms with Crippen LogP contribution in [-0.4, -0.2) is 65.9 Å². The van der Waals surface area contributed by atoms with Crippen LogP contribution in [0.25, 0.3) is 0 Å². The third kappa shape index (κ3) is 6.25. The molecular formula is C25H34N2O2. The fourth-order valence-corrected chi connectivity index (χ4v) is 3.81. The van der Waals surface area contributed by atoms with E-state index >= 15 is 0 Å². The maximum atomic E-state index is 10.4. The molecule has 1 heterocycles. The molecule has 1 aliphatic rings. The summed E-state index contributed by atoms with van der Waals surface area (Å²) in [6, 6.07) is 21.7. The minimum Gasteiger partial charge on any atom is -0.389 e. The van der Waals surface area contributed by atoms with E-state index < -0.39 is 11.7 Å². The maximum Gasteiger partial charge on any atom is 0.0900 e. The maximum absolute atomic E-state index is 10.4. The molecule has 4 nitrogen and oxygen atoms in total. The zero-order valence-electron chi connectivity index (χ0n) is 17.7. The van der Waals surface area contributed by atoms with Crippen LogP contribution in [0.2, 0.25) is 0 Å². The predicted molar refractivity (Wildman–Crippen MR) is 119 cm³/mol. The van der Waals surface area contributed by atoms with Crippen molar-refractivity contribution in [2.45, 2.75) is 31.6 Å². The van der Waals surface area contributed by atoms with Crippen LogP contribution in [0.4, 0.5) is 0 Å². The number of β-amino-alcohol motifs (C(OH)–C–C–N with tert-alkyl or cyclic N) is 1. The summed E-state index contributed by atoms with van der Waals surface area (Å²) >= 11 is 0. The Bertz CT molecular complexity index is 700. The van der Waals surface area contributed by atoms with E-state index in [0.29, 0.717) is 13.2 Å². The highest BCUT2D eigenvalue weighted by atomic mass is 16.5. The van der Waals surface area contributed by atoms with Crippen molar-refractivity contribution < 1.29 is 9.84 Å². The minimum absolute atomic E-state index is 0.265. The van der Waals surface area contributed by atoms with Gasteiger partial charge in [0.15, 0.2) is 0 Å². The van der Waals surface area contributed by atoms with Crippen molar-refractivity contribution >= 4 is 0 Å². The second-order valence-electron chi connectivity index (χ2n) is 8.33. The van der Waals surface area contributed by atoms with Crippen LogP contribution in [0.15, 0.2) is 73.3 Å². The first-order valence-corrected chi connectivity index (χ1v) is 10.5. The van der Waals surface area contributed by atoms with Crippen LogP contribution in [0.3, 0.4) is 0 Å². The van der Waals surface area contributed by atoms with Crippen LogP contribution in [-0.2, 0) is 4.74 Å². The number of hydrogen-bond donors (Lipinski definition) is 1. The number of hydrogen-bond acceptors (Lipinski definition) is 4. The molecule has 0 radical (unpaired) electrons. The summed E-state index contributed by atoms with van der Waals surface area (Å²) in [6.07, 6.45) is 1.28. The summed E-state index contributed by atoms with van der Waals surface area (Å²) in [4.78, 5) is 4.88. The molecule has 1 N–H and O–H groups in total. The molecule has 0 saturated carbocycles. The van der Waals surface area contributed by atoms with Gasteiger partial charge in [-0.05, 0) is 25.0 Å². The van der Waals surface area contributed by atoms with Gasteiger partial charge in [-0.1, -0.05) is 66.7 Å². The Morgan fingerprint density at radius 1 is 0.966 bits per heavy atom. The van der Waals surface area contributed by atoms with Gasteiger partial charge in [0.2, 0.25) is 0 Å². The smallest absolute Gasteiger partial charge is 0.0900 e. The molecule has 2 aromatic rings. The third-order valence-corrected chi connectivity index (χ3v) is 5.61. The average molecular weight is 395 g/mol. The molecular weight excluding hydrogens is 360 g/mol. The molecule has 0 amide bonds. The number of ether oxygens (including phenoxy) is 1. The van der Waals surface area contributed by atoms with Gasteiger partial charge in [0.1, 0.15) is 0 Å². The Morgan fingerprint density at radius 2 is 1.48 bits per heavy atom. The first-order valence-electron chi connectivity index (χ1n) is 10.5. The number of aliphatic hydroxyl groups is 1. The summed E-state index contributed by atoms with van der Waals surface area (Å²) in [7, 11) is 0. The van der Waals surface area contributed by atoms with Gasteiger partial charge in [-0.2, -0.15) is 0 Å². The molecule has 1 saturated heterocycles. The van der Waals surface area contributed by atoms with Crippen LogP contribution < -0.4 is 0 Å². The van der Waals surface area contributed by atoms with Crippen molar-refractivity contribution in [3.63, 3.8) is 0 Å². The zero-order valence-corrected chi connectivity index (χ0v) is 17.7. The molecule has 29 heavy (non-hydrogen) atoms. The summed E-state index contributed by atoms with van der Waals surface area (Å²) < 4.78 is 5.75. The minimum atomic E-state index is -0.486. The van der Waals surface area contributed by atoms with E-state index in [-0.39, 0.29) is 6.04 Å². The molecule has 1 aliphatic heterocycles. The van der Waals surface area contributed by atoms with Gasteiger partial charge in [-0.25, -0.2) is 0 Å². The lowest BCUT2D eigenvalue weighted by Crippen LogP contribution is -2.50. The van der Waals surface area contributed by atoms with E-state index in [4.69, 9.17) is 4.74 Å². The summed E-state index contributed by atoms with van der Waals surface area (Å²) in [5.74, 6) is 0. The molecule has 0 aliphatic carbocycles. The topological polar surface area (TPSA) is 35.9 Å². The second kappa shape index (κ2) is 10.2. The number of rotatable bonds is 9. The standard InChI is InChI=1S/C25H34N2O2/c1-4-25(2,3)29-20-23(28)19-26-15-17-27(18-16-26)24(21-11-7-5-8-12-21)22-13-9-6-10-14-22/h4-14,23-24,28H,1,15-20H2,2-3H3. The summed E-state index contributed by atoms with van der Waals surface area (Å²) in [5, 5.41) is 10.4. The van der Waals surface area contributed by atoms with Gasteiger partial charge in [-0.3, -0.25) is 9.80 Å². The highest BCUT2D eigenvalue weighted by Gasteiger charge is 2.27. The van der Waals surface area contributed by atoms with Gasteiger partial charge >= 0.3 is 0 Å². The molecule has 1 unspecified atom stereocenters. The first-order chi connectivity index (χ1) is 14.0. The van der Waals surface area contributed by atoms with Crippen molar-refractivity contribution in [2.75, 3.05) is 39.3 Å². The van der Waals surface area contributed by atoms with E-state index in [1.54, 1.807) is 6.08 Å². The number of nitrogens with zero attached hydrogens (tertiary/aromatic N) is 2. The van der Waals surface area contributed by atoms with Gasteiger partial charge in [-0.15, -0.1) is 6.58 Å². The van der Waals surface area contributed by atoms with E-state index in [1.807, 2.05) is 13.8 Å². The molecule has 0 bridgehead atoms. The van der Waals surface area contributed by atoms with E-state index in [2.05, 4.69) is 77.0 Å². The third-order valence-electron chi connectivity index (χ3n) is 5.61. The lowest BCUT2D eigenvalue weighted by molar-refractivity contribution is -0.0456. The molecule has 2 aromatic carbocycles. The zero-order chi connectivity index (χ0) is 20.7. The van der Waals surface area contributed by atoms with Crippen LogP contribution in [0.5, 0.6) is 0 Å². The fraction of sp³-hybridized carbons (Fsp3) is 0.440. The molecule has 156 valence electrons. The lowest BCUT2D eigenvalue weighted by atomic mass is 9.96. The SMILES string of the molecule is C=CC(C)(C)OCC(O)CN1CCN(C(c2ccccc2)c2ccccc2)CC1. The van der Waals surface area contributed by atoms with Crippen molar-refractivity contribution in [3.8, 4) is 0 Å². The average Bonchev–Trinajstić information content (AvgIpc) is 2.75. The quantitative estimate of drug-likeness (QED) is 0.658. The Kier molecular flexibility index (Phi) is 7.62. The van der Waals surface area contributed by atoms with Crippen LogP contribution >= 0.6 is 0 Å². The molecule has 0 aromatic heterocycles. The van der Waals surface area contributed by atoms with Gasteiger partial charge < -0.3 is 9.84 Å². The highest BCUT2D eigenvalue weighted by Crippen LogP contribution is 2.29. The molecule has 1 fully saturated rings. The molecule has 1 atom stereocenters. The Labute approximate surface area is 175 Å². The Balaban J connectivity index is 1.58. The number of piperazine rings is 1. The fourth-order valence-electron chi connectivity index (χ4n) is 3.81. The molecule has 3 rings (SSSR count). The Hall–Kier alpha value is -1.98.